The van der Waals surface area contributed by atoms with Crippen LogP contribution < -0.4 is 10.6 Å². The number of methoxy groups -OCH3 is 1. The highest BCUT2D eigenvalue weighted by molar-refractivity contribution is 5.94. The largest absolute Gasteiger partial charge is 0.375 e. The molecule has 1 amide bonds. The number of guanidine groups is 1. The number of amides is 1. The van der Waals surface area contributed by atoms with Gasteiger partial charge in [-0.3, -0.25) is 9.79 Å². The molecule has 2 aromatic rings. The van der Waals surface area contributed by atoms with Crippen molar-refractivity contribution in [1.82, 2.24) is 15.5 Å². The highest BCUT2D eigenvalue weighted by Crippen LogP contribution is 2.14. The molecule has 0 spiro atoms. The van der Waals surface area contributed by atoms with Crippen molar-refractivity contribution >= 4 is 11.9 Å². The van der Waals surface area contributed by atoms with Crippen molar-refractivity contribution in [2.75, 3.05) is 41.3 Å². The van der Waals surface area contributed by atoms with Crippen LogP contribution in [0.4, 0.5) is 0 Å². The lowest BCUT2D eigenvalue weighted by Crippen LogP contribution is -2.40. The van der Waals surface area contributed by atoms with Crippen LogP contribution in [0.25, 0.3) is 0 Å². The minimum absolute atomic E-state index is 0.0128. The maximum atomic E-state index is 12.1. The molecule has 150 valence electrons. The molecule has 1 unspecified atom stereocenters. The zero-order valence-electron chi connectivity index (χ0n) is 17.1. The maximum absolute atomic E-state index is 12.1. The Labute approximate surface area is 167 Å². The predicted molar refractivity (Wildman–Crippen MR) is 114 cm³/mol. The van der Waals surface area contributed by atoms with E-state index in [1.54, 1.807) is 33.2 Å². The number of hydrogen-bond donors (Lipinski definition) is 2. The van der Waals surface area contributed by atoms with E-state index in [1.807, 2.05) is 54.6 Å². The average molecular weight is 383 g/mol. The first-order valence-corrected chi connectivity index (χ1v) is 9.38. The van der Waals surface area contributed by atoms with Crippen LogP contribution in [0.3, 0.4) is 0 Å². The van der Waals surface area contributed by atoms with Crippen molar-refractivity contribution in [1.29, 1.82) is 0 Å². The number of nitrogens with one attached hydrogen (secondary N) is 2. The Bertz CT molecular complexity index is 775. The lowest BCUT2D eigenvalue weighted by molar-refractivity contribution is 0.0827. The molecule has 2 N–H and O–H groups in total. The van der Waals surface area contributed by atoms with Crippen LogP contribution in [0.5, 0.6) is 0 Å². The highest BCUT2D eigenvalue weighted by atomic mass is 16.5. The lowest BCUT2D eigenvalue weighted by Gasteiger charge is -2.19. The van der Waals surface area contributed by atoms with E-state index in [0.29, 0.717) is 18.7 Å². The molecular formula is C22H30N4O2. The van der Waals surface area contributed by atoms with E-state index in [2.05, 4.69) is 15.6 Å². The summed E-state index contributed by atoms with van der Waals surface area (Å²) >= 11 is 0. The van der Waals surface area contributed by atoms with Crippen LogP contribution in [0.1, 0.15) is 27.6 Å². The molecule has 2 aromatic carbocycles. The summed E-state index contributed by atoms with van der Waals surface area (Å²) < 4.78 is 5.58. The number of carbonyl (C=O) groups is 1. The zero-order chi connectivity index (χ0) is 20.4. The summed E-state index contributed by atoms with van der Waals surface area (Å²) in [5.41, 5.74) is 2.93. The Morgan fingerprint density at radius 1 is 1.11 bits per heavy atom. The number of hydrogen-bond acceptors (Lipinski definition) is 3. The Morgan fingerprint density at radius 3 is 2.50 bits per heavy atom. The second-order valence-corrected chi connectivity index (χ2v) is 6.66. The molecule has 0 aromatic heterocycles. The van der Waals surface area contributed by atoms with Crippen molar-refractivity contribution in [3.05, 3.63) is 71.3 Å². The smallest absolute Gasteiger partial charge is 0.253 e. The van der Waals surface area contributed by atoms with Gasteiger partial charge in [-0.15, -0.1) is 0 Å². The Morgan fingerprint density at radius 2 is 1.86 bits per heavy atom. The van der Waals surface area contributed by atoms with Gasteiger partial charge < -0.3 is 20.3 Å². The minimum Gasteiger partial charge on any atom is -0.375 e. The summed E-state index contributed by atoms with van der Waals surface area (Å²) in [6.45, 7) is 1.33. The van der Waals surface area contributed by atoms with Gasteiger partial charge in [0.2, 0.25) is 0 Å². The van der Waals surface area contributed by atoms with Gasteiger partial charge in [-0.25, -0.2) is 0 Å². The fourth-order valence-electron chi connectivity index (χ4n) is 2.86. The number of benzene rings is 2. The monoisotopic (exact) mass is 382 g/mol. The molecule has 0 saturated carbocycles. The summed E-state index contributed by atoms with van der Waals surface area (Å²) in [5.74, 6) is 0.734. The maximum Gasteiger partial charge on any atom is 0.253 e. The number of aliphatic imine (C=N–C) groups is 1. The SMILES string of the molecule is CN=C(NCCc1cccc(C(=O)N(C)C)c1)NCC(OC)c1ccccc1. The Hall–Kier alpha value is -2.86. The molecule has 0 aliphatic carbocycles. The number of carbonyl (C=O) groups excluding carboxylic acids is 1. The van der Waals surface area contributed by atoms with E-state index in [9.17, 15) is 4.79 Å². The van der Waals surface area contributed by atoms with Crippen LogP contribution in [-0.2, 0) is 11.2 Å². The van der Waals surface area contributed by atoms with Crippen LogP contribution in [-0.4, -0.2) is 58.1 Å². The van der Waals surface area contributed by atoms with E-state index < -0.39 is 0 Å². The summed E-state index contributed by atoms with van der Waals surface area (Å²) in [6.07, 6.45) is 0.746. The molecule has 0 bridgehead atoms. The molecule has 0 aliphatic heterocycles. The zero-order valence-corrected chi connectivity index (χ0v) is 17.1. The third-order valence-electron chi connectivity index (χ3n) is 4.42. The van der Waals surface area contributed by atoms with Gasteiger partial charge >= 0.3 is 0 Å². The van der Waals surface area contributed by atoms with Gasteiger partial charge in [0.15, 0.2) is 5.96 Å². The molecule has 1 atom stereocenters. The van der Waals surface area contributed by atoms with Gasteiger partial charge in [0.1, 0.15) is 0 Å². The van der Waals surface area contributed by atoms with Gasteiger partial charge in [0, 0.05) is 46.9 Å². The van der Waals surface area contributed by atoms with Crippen molar-refractivity contribution in [3.63, 3.8) is 0 Å². The Kier molecular flexibility index (Phi) is 8.49. The summed E-state index contributed by atoms with van der Waals surface area (Å²) in [5, 5.41) is 6.61. The molecule has 0 radical (unpaired) electrons. The van der Waals surface area contributed by atoms with E-state index in [-0.39, 0.29) is 12.0 Å². The summed E-state index contributed by atoms with van der Waals surface area (Å²) in [4.78, 5) is 17.9. The quantitative estimate of drug-likeness (QED) is 0.544. The number of nitrogens with zero attached hydrogens (tertiary/aromatic N) is 2. The Balaban J connectivity index is 1.84. The fourth-order valence-corrected chi connectivity index (χ4v) is 2.86. The third-order valence-corrected chi connectivity index (χ3v) is 4.42. The normalized spacial score (nSPS) is 12.4. The second kappa shape index (κ2) is 11.1. The molecule has 6 heteroatoms. The van der Waals surface area contributed by atoms with Gasteiger partial charge in [-0.2, -0.15) is 0 Å². The molecule has 0 aliphatic rings. The molecule has 2 rings (SSSR count). The molecule has 0 heterocycles. The average Bonchev–Trinajstić information content (AvgIpc) is 2.73. The molecule has 28 heavy (non-hydrogen) atoms. The first-order valence-electron chi connectivity index (χ1n) is 9.38. The van der Waals surface area contributed by atoms with Crippen molar-refractivity contribution in [2.24, 2.45) is 4.99 Å². The predicted octanol–water partition coefficient (Wildman–Crippen LogP) is 2.48. The summed E-state index contributed by atoms with van der Waals surface area (Å²) in [6, 6.07) is 17.8. The van der Waals surface area contributed by atoms with Gasteiger partial charge in [0.05, 0.1) is 6.10 Å². The van der Waals surface area contributed by atoms with Crippen LogP contribution in [0, 0.1) is 0 Å². The van der Waals surface area contributed by atoms with E-state index in [0.717, 1.165) is 23.5 Å². The number of ether oxygens (including phenoxy) is 1. The van der Waals surface area contributed by atoms with Crippen molar-refractivity contribution in [2.45, 2.75) is 12.5 Å². The molecule has 6 nitrogen and oxygen atoms in total. The standard InChI is InChI=1S/C22H30N4O2/c1-23-22(25-16-20(28-4)18-10-6-5-7-11-18)24-14-13-17-9-8-12-19(15-17)21(27)26(2)3/h5-12,15,20H,13-14,16H2,1-4H3,(H2,23,24,25). The first-order chi connectivity index (χ1) is 13.5. The third kappa shape index (κ3) is 6.39. The highest BCUT2D eigenvalue weighted by Gasteiger charge is 2.11. The fraction of sp³-hybridized carbons (Fsp3) is 0.364. The van der Waals surface area contributed by atoms with Crippen LogP contribution >= 0.6 is 0 Å². The second-order valence-electron chi connectivity index (χ2n) is 6.66. The van der Waals surface area contributed by atoms with Crippen molar-refractivity contribution in [3.8, 4) is 0 Å². The van der Waals surface area contributed by atoms with Gasteiger partial charge in [-0.05, 0) is 29.7 Å². The number of rotatable bonds is 8. The minimum atomic E-state index is -0.0477. The molecular weight excluding hydrogens is 352 g/mol. The van der Waals surface area contributed by atoms with E-state index >= 15 is 0 Å². The van der Waals surface area contributed by atoms with Crippen LogP contribution in [0.15, 0.2) is 59.6 Å². The summed E-state index contributed by atoms with van der Waals surface area (Å²) in [7, 11) is 6.97. The lowest BCUT2D eigenvalue weighted by atomic mass is 10.1. The first kappa shape index (κ1) is 21.4. The van der Waals surface area contributed by atoms with E-state index in [4.69, 9.17) is 4.74 Å². The topological polar surface area (TPSA) is 66.0 Å². The van der Waals surface area contributed by atoms with Crippen molar-refractivity contribution < 1.29 is 9.53 Å². The van der Waals surface area contributed by atoms with Gasteiger partial charge in [-0.1, -0.05) is 42.5 Å². The molecule has 0 saturated heterocycles. The van der Waals surface area contributed by atoms with E-state index in [1.165, 1.54) is 0 Å². The molecule has 0 fully saturated rings. The van der Waals surface area contributed by atoms with Crippen LogP contribution in [0.2, 0.25) is 0 Å². The van der Waals surface area contributed by atoms with Gasteiger partial charge in [0.25, 0.3) is 5.91 Å².